The summed E-state index contributed by atoms with van der Waals surface area (Å²) in [5, 5.41) is 4.89. The quantitative estimate of drug-likeness (QED) is 0.171. The Morgan fingerprint density at radius 1 is 0.527 bits per heavy atom. The van der Waals surface area contributed by atoms with Crippen LogP contribution in [0.25, 0.3) is 32.7 Å². The van der Waals surface area contributed by atoms with E-state index >= 15 is 0 Å². The molecule has 0 saturated carbocycles. The molecule has 0 bridgehead atoms. The van der Waals surface area contributed by atoms with Gasteiger partial charge in [-0.15, -0.1) is 0 Å². The highest BCUT2D eigenvalue weighted by molar-refractivity contribution is 6.99. The molecule has 3 nitrogen and oxygen atoms in total. The van der Waals surface area contributed by atoms with Gasteiger partial charge in [0.25, 0.3) is 6.71 Å². The van der Waals surface area contributed by atoms with E-state index < -0.39 is 0 Å². The Hall–Kier alpha value is -6.26. The molecular formula is C51H40BNO2. The van der Waals surface area contributed by atoms with Gasteiger partial charge < -0.3 is 14.4 Å². The van der Waals surface area contributed by atoms with Crippen LogP contribution in [0.3, 0.4) is 0 Å². The Morgan fingerprint density at radius 3 is 1.80 bits per heavy atom. The second-order valence-electron chi connectivity index (χ2n) is 16.9. The van der Waals surface area contributed by atoms with Crippen molar-refractivity contribution in [2.75, 3.05) is 4.90 Å². The summed E-state index contributed by atoms with van der Waals surface area (Å²) in [5.74, 6) is 3.61. The highest BCUT2D eigenvalue weighted by atomic mass is 16.5. The zero-order valence-electron chi connectivity index (χ0n) is 31.8. The summed E-state index contributed by atoms with van der Waals surface area (Å²) in [6, 6.07) is 55.2. The van der Waals surface area contributed by atoms with Crippen molar-refractivity contribution in [1.82, 2.24) is 0 Å². The number of fused-ring (bicyclic) bond motifs is 11. The Balaban J connectivity index is 1.18. The van der Waals surface area contributed by atoms with E-state index in [2.05, 4.69) is 191 Å². The Bertz CT molecular complexity index is 2850. The Morgan fingerprint density at radius 2 is 1.13 bits per heavy atom. The van der Waals surface area contributed by atoms with Gasteiger partial charge in [0.2, 0.25) is 0 Å². The lowest BCUT2D eigenvalue weighted by Gasteiger charge is -2.36. The highest BCUT2D eigenvalue weighted by Gasteiger charge is 2.45. The molecule has 264 valence electrons. The van der Waals surface area contributed by atoms with E-state index in [1.165, 1.54) is 66.0 Å². The molecule has 2 aliphatic heterocycles. The van der Waals surface area contributed by atoms with Gasteiger partial charge in [-0.3, -0.25) is 0 Å². The topological polar surface area (TPSA) is 21.7 Å². The zero-order valence-corrected chi connectivity index (χ0v) is 31.8. The minimum Gasteiger partial charge on any atom is -0.458 e. The first-order valence-electron chi connectivity index (χ1n) is 19.4. The lowest BCUT2D eigenvalue weighted by Crippen LogP contribution is -2.58. The highest BCUT2D eigenvalue weighted by Crippen LogP contribution is 2.55. The van der Waals surface area contributed by atoms with Crippen LogP contribution in [0.4, 0.5) is 17.1 Å². The molecule has 0 spiro atoms. The van der Waals surface area contributed by atoms with E-state index in [4.69, 9.17) is 9.47 Å². The summed E-state index contributed by atoms with van der Waals surface area (Å²) >= 11 is 0. The molecule has 2 heterocycles. The number of hydrogen-bond donors (Lipinski definition) is 0. The molecule has 4 heteroatoms. The maximum Gasteiger partial charge on any atom is 0.261 e. The van der Waals surface area contributed by atoms with Crippen LogP contribution in [-0.4, -0.2) is 6.71 Å². The minimum atomic E-state index is -0.288. The summed E-state index contributed by atoms with van der Waals surface area (Å²) in [4.78, 5) is 2.41. The maximum atomic E-state index is 7.10. The predicted molar refractivity (Wildman–Crippen MR) is 230 cm³/mol. The third-order valence-corrected chi connectivity index (χ3v) is 12.3. The van der Waals surface area contributed by atoms with Gasteiger partial charge in [-0.25, -0.2) is 0 Å². The molecule has 0 amide bonds. The van der Waals surface area contributed by atoms with Gasteiger partial charge in [-0.05, 0) is 115 Å². The molecule has 8 aromatic carbocycles. The van der Waals surface area contributed by atoms with Gasteiger partial charge in [-0.2, -0.15) is 0 Å². The number of para-hydroxylation sites is 2. The summed E-state index contributed by atoms with van der Waals surface area (Å²) in [7, 11) is 0. The van der Waals surface area contributed by atoms with E-state index in [0.29, 0.717) is 0 Å². The van der Waals surface area contributed by atoms with Crippen molar-refractivity contribution >= 4 is 61.7 Å². The average molecular weight is 710 g/mol. The molecule has 8 aromatic rings. The molecule has 0 radical (unpaired) electrons. The number of hydrogen-bond acceptors (Lipinski definition) is 3. The summed E-state index contributed by atoms with van der Waals surface area (Å²) in [6.45, 7) is 11.5. The van der Waals surface area contributed by atoms with E-state index in [-0.39, 0.29) is 17.5 Å². The standard InChI is InChI=1S/C51H40BNO2/c1-50(2,3)32-26-45-49-46(27-32)55-44-28-38-39(29-41(44)52(49)48-35-21-13-12-16-31(35)24-25-43(48)54-45)51(4,5)40-30-42(36-22-14-15-23-37(36)47(38)40)53(33-17-8-6-9-18-33)34-19-10-7-11-20-34/h6-30H,1-5H3. The lowest BCUT2D eigenvalue weighted by atomic mass is 9.34. The van der Waals surface area contributed by atoms with Crippen LogP contribution in [0.2, 0.25) is 0 Å². The van der Waals surface area contributed by atoms with Crippen molar-refractivity contribution in [2.24, 2.45) is 0 Å². The molecule has 1 aliphatic carbocycles. The van der Waals surface area contributed by atoms with Crippen molar-refractivity contribution in [3.8, 4) is 34.1 Å². The Labute approximate surface area is 322 Å². The number of anilines is 3. The van der Waals surface area contributed by atoms with Crippen LogP contribution in [-0.2, 0) is 10.8 Å². The van der Waals surface area contributed by atoms with Crippen LogP contribution < -0.4 is 30.8 Å². The molecule has 0 unspecified atom stereocenters. The van der Waals surface area contributed by atoms with Crippen LogP contribution in [0.1, 0.15) is 51.3 Å². The number of nitrogens with zero attached hydrogens (tertiary/aromatic N) is 1. The van der Waals surface area contributed by atoms with Gasteiger partial charge in [0.15, 0.2) is 0 Å². The first-order chi connectivity index (χ1) is 26.7. The third kappa shape index (κ3) is 4.64. The predicted octanol–water partition coefficient (Wildman–Crippen LogP) is 11.8. The second-order valence-corrected chi connectivity index (χ2v) is 16.9. The van der Waals surface area contributed by atoms with Crippen molar-refractivity contribution in [3.05, 3.63) is 168 Å². The smallest absolute Gasteiger partial charge is 0.261 e. The monoisotopic (exact) mass is 709 g/mol. The first-order valence-corrected chi connectivity index (χ1v) is 19.4. The molecule has 0 saturated heterocycles. The van der Waals surface area contributed by atoms with Crippen LogP contribution in [0, 0.1) is 0 Å². The zero-order chi connectivity index (χ0) is 37.2. The first kappa shape index (κ1) is 32.2. The fraction of sp³-hybridized carbons (Fsp3) is 0.137. The fourth-order valence-electron chi connectivity index (χ4n) is 9.53. The van der Waals surface area contributed by atoms with Gasteiger partial charge >= 0.3 is 0 Å². The van der Waals surface area contributed by atoms with Gasteiger partial charge in [0.05, 0.1) is 5.69 Å². The Kier molecular flexibility index (Phi) is 6.66. The normalized spacial score (nSPS) is 14.3. The molecule has 0 atom stereocenters. The van der Waals surface area contributed by atoms with E-state index in [0.717, 1.165) is 39.8 Å². The fourth-order valence-corrected chi connectivity index (χ4v) is 9.53. The number of ether oxygens (including phenoxy) is 2. The number of rotatable bonds is 3. The van der Waals surface area contributed by atoms with Gasteiger partial charge in [0.1, 0.15) is 23.0 Å². The molecule has 55 heavy (non-hydrogen) atoms. The average Bonchev–Trinajstić information content (AvgIpc) is 3.42. The van der Waals surface area contributed by atoms with Crippen molar-refractivity contribution in [3.63, 3.8) is 0 Å². The number of benzene rings is 8. The van der Waals surface area contributed by atoms with Crippen LogP contribution >= 0.6 is 0 Å². The summed E-state index contributed by atoms with van der Waals surface area (Å²) in [5.41, 5.74) is 13.0. The maximum absolute atomic E-state index is 7.10. The molecule has 11 rings (SSSR count). The van der Waals surface area contributed by atoms with E-state index in [1.807, 2.05) is 0 Å². The van der Waals surface area contributed by atoms with Crippen LogP contribution in [0.15, 0.2) is 152 Å². The summed E-state index contributed by atoms with van der Waals surface area (Å²) < 4.78 is 13.9. The van der Waals surface area contributed by atoms with Crippen molar-refractivity contribution in [1.29, 1.82) is 0 Å². The van der Waals surface area contributed by atoms with E-state index in [1.54, 1.807) is 0 Å². The lowest BCUT2D eigenvalue weighted by molar-refractivity contribution is 0.458. The molecule has 0 fully saturated rings. The second kappa shape index (κ2) is 11.4. The van der Waals surface area contributed by atoms with Gasteiger partial charge in [-0.1, -0.05) is 132 Å². The van der Waals surface area contributed by atoms with Crippen molar-refractivity contribution < 1.29 is 9.47 Å². The van der Waals surface area contributed by atoms with Gasteiger partial charge in [0, 0.05) is 27.6 Å². The third-order valence-electron chi connectivity index (χ3n) is 12.3. The molecule has 0 N–H and O–H groups in total. The molecule has 3 aliphatic rings. The molecular weight excluding hydrogens is 669 g/mol. The summed E-state index contributed by atoms with van der Waals surface area (Å²) in [6.07, 6.45) is 0. The van der Waals surface area contributed by atoms with Crippen LogP contribution in [0.5, 0.6) is 23.0 Å². The molecule has 0 aromatic heterocycles. The minimum absolute atomic E-state index is 0.0404. The van der Waals surface area contributed by atoms with E-state index in [9.17, 15) is 0 Å². The van der Waals surface area contributed by atoms with Crippen molar-refractivity contribution in [2.45, 2.75) is 45.4 Å². The SMILES string of the molecule is CC(C)(C)c1cc2c3c(c1)Oc1ccc4ccccc4c1B3c1cc3c(cc1O2)-c1c(cc(N(c2ccccc2)c2ccccc2)c2ccccc12)C3(C)C. The largest absolute Gasteiger partial charge is 0.458 e.